The van der Waals surface area contributed by atoms with Gasteiger partial charge in [0.2, 0.25) is 0 Å². The molecule has 1 saturated heterocycles. The summed E-state index contributed by atoms with van der Waals surface area (Å²) in [5, 5.41) is 10.5. The number of nitrogens with zero attached hydrogens (tertiary/aromatic N) is 2. The third-order valence-corrected chi connectivity index (χ3v) is 5.96. The first-order valence-electron chi connectivity index (χ1n) is 11.2. The van der Waals surface area contributed by atoms with Crippen LogP contribution in [-0.2, 0) is 4.79 Å². The predicted octanol–water partition coefficient (Wildman–Crippen LogP) is 3.89. The van der Waals surface area contributed by atoms with Crippen molar-refractivity contribution in [3.63, 3.8) is 0 Å². The van der Waals surface area contributed by atoms with Gasteiger partial charge in [0.25, 0.3) is 5.91 Å². The second-order valence-corrected chi connectivity index (χ2v) is 8.15. The Bertz CT molecular complexity index is 1360. The third-order valence-electron chi connectivity index (χ3n) is 5.96. The summed E-state index contributed by atoms with van der Waals surface area (Å²) in [5.41, 5.74) is 1.74. The van der Waals surface area contributed by atoms with Gasteiger partial charge in [-0.3, -0.25) is 9.59 Å². The first-order valence-corrected chi connectivity index (χ1v) is 11.2. The molecule has 0 spiro atoms. The van der Waals surface area contributed by atoms with Crippen LogP contribution in [0.2, 0.25) is 0 Å². The van der Waals surface area contributed by atoms with Crippen LogP contribution in [-0.4, -0.2) is 48.7 Å². The zero-order chi connectivity index (χ0) is 23.5. The van der Waals surface area contributed by atoms with Crippen molar-refractivity contribution in [2.45, 2.75) is 0 Å². The number of anilines is 1. The highest BCUT2D eigenvalue weighted by molar-refractivity contribution is 5.86. The molecule has 34 heavy (non-hydrogen) atoms. The number of carbonyl (C=O) groups excluding carboxylic acids is 1. The molecule has 172 valence electrons. The minimum absolute atomic E-state index is 0.0791. The summed E-state index contributed by atoms with van der Waals surface area (Å²) >= 11 is 0. The van der Waals surface area contributed by atoms with E-state index in [1.165, 1.54) is 18.2 Å². The number of phenols is 1. The van der Waals surface area contributed by atoms with Crippen LogP contribution in [0.3, 0.4) is 0 Å². The van der Waals surface area contributed by atoms with E-state index in [1.54, 1.807) is 4.90 Å². The van der Waals surface area contributed by atoms with Crippen LogP contribution in [0.25, 0.3) is 22.3 Å². The van der Waals surface area contributed by atoms with Crippen molar-refractivity contribution in [2.24, 2.45) is 0 Å². The highest BCUT2D eigenvalue weighted by Crippen LogP contribution is 2.31. The van der Waals surface area contributed by atoms with Crippen molar-refractivity contribution in [1.82, 2.24) is 4.90 Å². The monoisotopic (exact) mass is 456 g/mol. The number of fused-ring (bicyclic) bond motifs is 1. The quantitative estimate of drug-likeness (QED) is 0.491. The molecule has 7 heteroatoms. The van der Waals surface area contributed by atoms with Gasteiger partial charge >= 0.3 is 0 Å². The Morgan fingerprint density at radius 3 is 2.29 bits per heavy atom. The van der Waals surface area contributed by atoms with Crippen LogP contribution in [0.5, 0.6) is 11.5 Å². The van der Waals surface area contributed by atoms with Crippen molar-refractivity contribution in [3.05, 3.63) is 89.1 Å². The van der Waals surface area contributed by atoms with Gasteiger partial charge in [0, 0.05) is 55.6 Å². The molecule has 3 aromatic carbocycles. The molecule has 1 aliphatic heterocycles. The lowest BCUT2D eigenvalue weighted by Crippen LogP contribution is -2.50. The molecule has 0 aliphatic carbocycles. The number of ether oxygens (including phenoxy) is 1. The van der Waals surface area contributed by atoms with Gasteiger partial charge in [-0.05, 0) is 12.1 Å². The Hall–Kier alpha value is -4.26. The Kier molecular flexibility index (Phi) is 5.91. The number of rotatable bonds is 5. The summed E-state index contributed by atoms with van der Waals surface area (Å²) in [6.07, 6.45) is 0. The van der Waals surface area contributed by atoms with Gasteiger partial charge in [-0.25, -0.2) is 0 Å². The summed E-state index contributed by atoms with van der Waals surface area (Å²) in [7, 11) is 0. The number of hydrogen-bond acceptors (Lipinski definition) is 6. The highest BCUT2D eigenvalue weighted by Gasteiger charge is 2.22. The molecule has 1 fully saturated rings. The summed E-state index contributed by atoms with van der Waals surface area (Å²) < 4.78 is 11.6. The van der Waals surface area contributed by atoms with E-state index < -0.39 is 0 Å². The van der Waals surface area contributed by atoms with Crippen LogP contribution in [0.4, 0.5) is 5.69 Å². The number of phenolic OH excluding ortho intramolecular Hbond substituents is 1. The molecule has 5 rings (SSSR count). The molecular weight excluding hydrogens is 432 g/mol. The van der Waals surface area contributed by atoms with Crippen molar-refractivity contribution < 1.29 is 19.1 Å². The van der Waals surface area contributed by atoms with Gasteiger partial charge in [0.1, 0.15) is 28.2 Å². The van der Waals surface area contributed by atoms with E-state index in [9.17, 15) is 14.7 Å². The lowest BCUT2D eigenvalue weighted by atomic mass is 10.1. The fourth-order valence-electron chi connectivity index (χ4n) is 4.16. The van der Waals surface area contributed by atoms with Gasteiger partial charge in [0.15, 0.2) is 12.0 Å². The molecule has 0 radical (unpaired) electrons. The topological polar surface area (TPSA) is 83.2 Å². The van der Waals surface area contributed by atoms with E-state index in [1.807, 2.05) is 48.5 Å². The normalized spacial score (nSPS) is 13.8. The second-order valence-electron chi connectivity index (χ2n) is 8.15. The van der Waals surface area contributed by atoms with Gasteiger partial charge in [-0.2, -0.15) is 0 Å². The smallest absolute Gasteiger partial charge is 0.260 e. The summed E-state index contributed by atoms with van der Waals surface area (Å²) in [6, 6.07) is 23.6. The maximum Gasteiger partial charge on any atom is 0.260 e. The molecule has 0 unspecified atom stereocenters. The number of carbonyl (C=O) groups is 1. The summed E-state index contributed by atoms with van der Waals surface area (Å²) in [5.74, 6) is 0.272. The van der Waals surface area contributed by atoms with E-state index in [4.69, 9.17) is 9.15 Å². The molecule has 0 saturated carbocycles. The fraction of sp³-hybridized carbons (Fsp3) is 0.185. The van der Waals surface area contributed by atoms with Crippen molar-refractivity contribution >= 4 is 22.6 Å². The number of amides is 1. The van der Waals surface area contributed by atoms with E-state index >= 15 is 0 Å². The first kappa shape index (κ1) is 21.6. The van der Waals surface area contributed by atoms with E-state index in [2.05, 4.69) is 17.0 Å². The number of para-hydroxylation sites is 1. The van der Waals surface area contributed by atoms with Crippen molar-refractivity contribution in [2.75, 3.05) is 37.7 Å². The molecule has 7 nitrogen and oxygen atoms in total. The molecule has 4 aromatic rings. The molecule has 1 aliphatic rings. The highest BCUT2D eigenvalue weighted by atomic mass is 16.5. The maximum atomic E-state index is 12.7. The predicted molar refractivity (Wildman–Crippen MR) is 130 cm³/mol. The summed E-state index contributed by atoms with van der Waals surface area (Å²) in [4.78, 5) is 29.3. The van der Waals surface area contributed by atoms with Gasteiger partial charge in [0.05, 0.1) is 0 Å². The number of aromatic hydroxyl groups is 1. The number of benzene rings is 3. The standard InChI is InChI=1S/C27H24N2O5/c30-22-15-21(16-25-27(22)23(31)17-24(34-25)19-7-3-1-4-8-19)33-18-26(32)29-13-11-28(12-14-29)20-9-5-2-6-10-20/h1-10,15-17,30H,11-14,18H2. The van der Waals surface area contributed by atoms with E-state index in [0.717, 1.165) is 24.3 Å². The Balaban J connectivity index is 1.27. The molecule has 0 atom stereocenters. The lowest BCUT2D eigenvalue weighted by molar-refractivity contribution is -0.133. The Labute approximate surface area is 196 Å². The van der Waals surface area contributed by atoms with Gasteiger partial charge in [-0.1, -0.05) is 48.5 Å². The SMILES string of the molecule is O=C(COc1cc(O)c2c(=O)cc(-c3ccccc3)oc2c1)N1CCN(c2ccccc2)CC1. The van der Waals surface area contributed by atoms with Gasteiger partial charge < -0.3 is 24.1 Å². The van der Waals surface area contributed by atoms with Crippen LogP contribution < -0.4 is 15.1 Å². The first-order chi connectivity index (χ1) is 16.6. The van der Waals surface area contributed by atoms with E-state index in [0.29, 0.717) is 18.8 Å². The molecule has 2 heterocycles. The lowest BCUT2D eigenvalue weighted by Gasteiger charge is -2.36. The zero-order valence-corrected chi connectivity index (χ0v) is 18.5. The Morgan fingerprint density at radius 1 is 0.912 bits per heavy atom. The van der Waals surface area contributed by atoms with Crippen LogP contribution >= 0.6 is 0 Å². The van der Waals surface area contributed by atoms with E-state index in [-0.39, 0.29) is 40.4 Å². The zero-order valence-electron chi connectivity index (χ0n) is 18.5. The summed E-state index contributed by atoms with van der Waals surface area (Å²) in [6.45, 7) is 2.55. The minimum atomic E-state index is -0.350. The number of piperazine rings is 1. The average Bonchev–Trinajstić information content (AvgIpc) is 2.88. The average molecular weight is 456 g/mol. The van der Waals surface area contributed by atoms with Crippen LogP contribution in [0.15, 0.2) is 88.1 Å². The fourth-order valence-corrected chi connectivity index (χ4v) is 4.16. The van der Waals surface area contributed by atoms with Gasteiger partial charge in [-0.15, -0.1) is 0 Å². The molecule has 0 bridgehead atoms. The second kappa shape index (κ2) is 9.31. The maximum absolute atomic E-state index is 12.7. The molecular formula is C27H24N2O5. The van der Waals surface area contributed by atoms with Crippen LogP contribution in [0.1, 0.15) is 0 Å². The minimum Gasteiger partial charge on any atom is -0.507 e. The van der Waals surface area contributed by atoms with Crippen LogP contribution in [0, 0.1) is 0 Å². The molecule has 1 N–H and O–H groups in total. The van der Waals surface area contributed by atoms with Crippen molar-refractivity contribution in [1.29, 1.82) is 0 Å². The molecule has 1 amide bonds. The number of hydrogen-bond donors (Lipinski definition) is 1. The Morgan fingerprint density at radius 2 is 1.59 bits per heavy atom. The molecule has 1 aromatic heterocycles. The largest absolute Gasteiger partial charge is 0.507 e. The van der Waals surface area contributed by atoms with Crippen molar-refractivity contribution in [3.8, 4) is 22.8 Å². The third kappa shape index (κ3) is 4.45.